The lowest BCUT2D eigenvalue weighted by Crippen LogP contribution is -2.47. The average molecular weight is 296 g/mol. The smallest absolute Gasteiger partial charge is 0.159 e. The van der Waals surface area contributed by atoms with E-state index in [1.54, 1.807) is 12.4 Å². The standard InChI is InChI=1S/C16H20N6/c1-3-4-6-20-8-10-21(11-9-20)15-12-17-13-16(19-15)22-7-5-18-14(22)2/h1,5,7,12-13H,4,6,8-11H2,2H3. The summed E-state index contributed by atoms with van der Waals surface area (Å²) >= 11 is 0. The van der Waals surface area contributed by atoms with Crippen molar-refractivity contribution in [3.8, 4) is 18.2 Å². The minimum atomic E-state index is 0.808. The Labute approximate surface area is 130 Å². The lowest BCUT2D eigenvalue weighted by atomic mass is 10.3. The number of piperazine rings is 1. The number of hydrogen-bond acceptors (Lipinski definition) is 5. The molecule has 1 aliphatic heterocycles. The number of rotatable bonds is 4. The van der Waals surface area contributed by atoms with Gasteiger partial charge in [0.2, 0.25) is 0 Å². The number of nitrogens with zero attached hydrogens (tertiary/aromatic N) is 6. The topological polar surface area (TPSA) is 50.1 Å². The Hall–Kier alpha value is -2.39. The van der Waals surface area contributed by atoms with Gasteiger partial charge in [-0.15, -0.1) is 12.3 Å². The van der Waals surface area contributed by atoms with E-state index in [9.17, 15) is 0 Å². The van der Waals surface area contributed by atoms with Crippen LogP contribution >= 0.6 is 0 Å². The largest absolute Gasteiger partial charge is 0.353 e. The summed E-state index contributed by atoms with van der Waals surface area (Å²) in [5.74, 6) is 5.33. The Kier molecular flexibility index (Phi) is 4.35. The van der Waals surface area contributed by atoms with Crippen molar-refractivity contribution in [1.82, 2.24) is 24.4 Å². The van der Waals surface area contributed by atoms with Crippen molar-refractivity contribution < 1.29 is 0 Å². The van der Waals surface area contributed by atoms with Crippen LogP contribution in [0.3, 0.4) is 0 Å². The quantitative estimate of drug-likeness (QED) is 0.791. The van der Waals surface area contributed by atoms with Crippen LogP contribution in [0.25, 0.3) is 5.82 Å². The first-order valence-corrected chi connectivity index (χ1v) is 7.51. The fourth-order valence-electron chi connectivity index (χ4n) is 2.66. The number of aryl methyl sites for hydroxylation is 1. The van der Waals surface area contributed by atoms with Crippen molar-refractivity contribution >= 4 is 5.82 Å². The van der Waals surface area contributed by atoms with Crippen LogP contribution in [0.2, 0.25) is 0 Å². The lowest BCUT2D eigenvalue weighted by molar-refractivity contribution is 0.263. The van der Waals surface area contributed by atoms with Crippen LogP contribution in [0, 0.1) is 19.3 Å². The van der Waals surface area contributed by atoms with E-state index in [-0.39, 0.29) is 0 Å². The highest BCUT2D eigenvalue weighted by molar-refractivity contribution is 5.40. The van der Waals surface area contributed by atoms with Gasteiger partial charge < -0.3 is 4.90 Å². The second-order valence-corrected chi connectivity index (χ2v) is 5.36. The SMILES string of the molecule is C#CCCN1CCN(c2cncc(-n3ccnc3C)n2)CC1. The van der Waals surface area contributed by atoms with Gasteiger partial charge in [0.1, 0.15) is 11.6 Å². The summed E-state index contributed by atoms with van der Waals surface area (Å²) in [5, 5.41) is 0. The zero-order valence-corrected chi connectivity index (χ0v) is 12.8. The highest BCUT2D eigenvalue weighted by atomic mass is 15.3. The number of terminal acetylenes is 1. The zero-order chi connectivity index (χ0) is 15.4. The summed E-state index contributed by atoms with van der Waals surface area (Å²) in [7, 11) is 0. The molecule has 1 aliphatic rings. The van der Waals surface area contributed by atoms with E-state index in [1.807, 2.05) is 23.9 Å². The molecular weight excluding hydrogens is 276 g/mol. The van der Waals surface area contributed by atoms with Gasteiger partial charge >= 0.3 is 0 Å². The maximum Gasteiger partial charge on any atom is 0.159 e. The monoisotopic (exact) mass is 296 g/mol. The van der Waals surface area contributed by atoms with Gasteiger partial charge in [-0.25, -0.2) is 9.97 Å². The predicted molar refractivity (Wildman–Crippen MR) is 86.0 cm³/mol. The third kappa shape index (κ3) is 3.10. The van der Waals surface area contributed by atoms with Crippen LogP contribution in [0.15, 0.2) is 24.8 Å². The van der Waals surface area contributed by atoms with E-state index >= 15 is 0 Å². The number of aromatic nitrogens is 4. The van der Waals surface area contributed by atoms with Crippen LogP contribution in [-0.4, -0.2) is 57.1 Å². The fraction of sp³-hybridized carbons (Fsp3) is 0.438. The highest BCUT2D eigenvalue weighted by Crippen LogP contribution is 2.15. The number of anilines is 1. The van der Waals surface area contributed by atoms with E-state index in [4.69, 9.17) is 11.4 Å². The highest BCUT2D eigenvalue weighted by Gasteiger charge is 2.18. The van der Waals surface area contributed by atoms with Crippen LogP contribution in [-0.2, 0) is 0 Å². The molecular formula is C16H20N6. The molecule has 0 aromatic carbocycles. The molecule has 0 bridgehead atoms. The second-order valence-electron chi connectivity index (χ2n) is 5.36. The molecule has 0 saturated carbocycles. The van der Waals surface area contributed by atoms with Gasteiger partial charge in [-0.1, -0.05) is 0 Å². The van der Waals surface area contributed by atoms with E-state index in [2.05, 4.69) is 25.7 Å². The summed E-state index contributed by atoms with van der Waals surface area (Å²) in [6, 6.07) is 0. The normalized spacial score (nSPS) is 15.7. The molecule has 6 heteroatoms. The first-order valence-electron chi connectivity index (χ1n) is 7.51. The Balaban J connectivity index is 1.69. The van der Waals surface area contributed by atoms with E-state index < -0.39 is 0 Å². The Morgan fingerprint density at radius 2 is 1.95 bits per heavy atom. The molecule has 114 valence electrons. The minimum absolute atomic E-state index is 0.808. The van der Waals surface area contributed by atoms with Gasteiger partial charge in [-0.05, 0) is 6.92 Å². The molecule has 3 rings (SSSR count). The second kappa shape index (κ2) is 6.58. The molecule has 0 radical (unpaired) electrons. The fourth-order valence-corrected chi connectivity index (χ4v) is 2.66. The maximum absolute atomic E-state index is 5.33. The van der Waals surface area contributed by atoms with Crippen LogP contribution in [0.4, 0.5) is 5.82 Å². The molecule has 2 aromatic rings. The van der Waals surface area contributed by atoms with Crippen LogP contribution < -0.4 is 4.90 Å². The summed E-state index contributed by atoms with van der Waals surface area (Å²) in [4.78, 5) is 18.0. The first-order chi connectivity index (χ1) is 10.8. The van der Waals surface area contributed by atoms with Gasteiger partial charge in [0, 0.05) is 51.5 Å². The van der Waals surface area contributed by atoms with E-state index in [0.717, 1.165) is 56.6 Å². The summed E-state index contributed by atoms with van der Waals surface area (Å²) in [6.45, 7) is 6.86. The lowest BCUT2D eigenvalue weighted by Gasteiger charge is -2.35. The van der Waals surface area contributed by atoms with E-state index in [0.29, 0.717) is 0 Å². The molecule has 0 amide bonds. The Bertz CT molecular complexity index is 663. The zero-order valence-electron chi connectivity index (χ0n) is 12.8. The third-order valence-electron chi connectivity index (χ3n) is 3.95. The van der Waals surface area contributed by atoms with Crippen molar-refractivity contribution in [1.29, 1.82) is 0 Å². The number of hydrogen-bond donors (Lipinski definition) is 0. The summed E-state index contributed by atoms with van der Waals surface area (Å²) in [6.07, 6.45) is 13.4. The Morgan fingerprint density at radius 3 is 2.64 bits per heavy atom. The maximum atomic E-state index is 5.33. The summed E-state index contributed by atoms with van der Waals surface area (Å²) < 4.78 is 1.94. The molecule has 2 aromatic heterocycles. The molecule has 1 fully saturated rings. The molecule has 0 spiro atoms. The van der Waals surface area contributed by atoms with Crippen LogP contribution in [0.1, 0.15) is 12.2 Å². The van der Waals surface area contributed by atoms with Crippen molar-refractivity contribution in [2.24, 2.45) is 0 Å². The molecule has 3 heterocycles. The van der Waals surface area contributed by atoms with Gasteiger partial charge in [0.05, 0.1) is 12.4 Å². The number of imidazole rings is 1. The van der Waals surface area contributed by atoms with Crippen molar-refractivity contribution in [3.63, 3.8) is 0 Å². The van der Waals surface area contributed by atoms with Gasteiger partial charge in [0.25, 0.3) is 0 Å². The average Bonchev–Trinajstić information content (AvgIpc) is 3.00. The molecule has 0 atom stereocenters. The minimum Gasteiger partial charge on any atom is -0.353 e. The third-order valence-corrected chi connectivity index (χ3v) is 3.95. The van der Waals surface area contributed by atoms with Crippen molar-refractivity contribution in [2.75, 3.05) is 37.6 Å². The van der Waals surface area contributed by atoms with Crippen molar-refractivity contribution in [3.05, 3.63) is 30.6 Å². The molecule has 1 saturated heterocycles. The Morgan fingerprint density at radius 1 is 1.18 bits per heavy atom. The molecule has 0 unspecified atom stereocenters. The van der Waals surface area contributed by atoms with Crippen LogP contribution in [0.5, 0.6) is 0 Å². The summed E-state index contributed by atoms with van der Waals surface area (Å²) in [5.41, 5.74) is 0. The van der Waals surface area contributed by atoms with Gasteiger partial charge in [-0.3, -0.25) is 14.5 Å². The van der Waals surface area contributed by atoms with E-state index in [1.165, 1.54) is 0 Å². The molecule has 0 aliphatic carbocycles. The first kappa shape index (κ1) is 14.5. The van der Waals surface area contributed by atoms with Crippen molar-refractivity contribution in [2.45, 2.75) is 13.3 Å². The molecule has 22 heavy (non-hydrogen) atoms. The van der Waals surface area contributed by atoms with Gasteiger partial charge in [-0.2, -0.15) is 0 Å². The van der Waals surface area contributed by atoms with Gasteiger partial charge in [0.15, 0.2) is 5.82 Å². The molecule has 6 nitrogen and oxygen atoms in total. The predicted octanol–water partition coefficient (Wildman–Crippen LogP) is 1.12. The molecule has 0 N–H and O–H groups in total.